The molecule has 1 aliphatic rings. The lowest BCUT2D eigenvalue weighted by Crippen LogP contribution is -2.24. The Labute approximate surface area is 124 Å². The molecule has 102 valence electrons. The minimum Gasteiger partial charge on any atom is -0.337 e. The molecule has 0 aromatic heterocycles. The Kier molecular flexibility index (Phi) is 3.79. The van der Waals surface area contributed by atoms with E-state index in [1.54, 1.807) is 0 Å². The van der Waals surface area contributed by atoms with E-state index in [0.29, 0.717) is 13.0 Å². The topological polar surface area (TPSA) is 20.3 Å². The third-order valence-electron chi connectivity index (χ3n) is 3.60. The lowest BCUT2D eigenvalue weighted by Gasteiger charge is -2.16. The Balaban J connectivity index is 1.80. The zero-order valence-electron chi connectivity index (χ0n) is 11.2. The van der Waals surface area contributed by atoms with Crippen LogP contribution < -0.4 is 0 Å². The van der Waals surface area contributed by atoms with E-state index in [2.05, 4.69) is 49.0 Å². The van der Waals surface area contributed by atoms with Crippen LogP contribution in [0, 0.1) is 0 Å². The minimum atomic E-state index is 0.180. The van der Waals surface area contributed by atoms with Crippen LogP contribution in [-0.2, 0) is 11.3 Å². The molecule has 1 unspecified atom stereocenters. The summed E-state index contributed by atoms with van der Waals surface area (Å²) < 4.78 is 0. The molecule has 1 aliphatic heterocycles. The van der Waals surface area contributed by atoms with E-state index in [0.717, 1.165) is 6.54 Å². The SMILES string of the molecule is O=C1CC(S)CN1Cc1cccc(-c2ccccc2)c1. The molecule has 2 nitrogen and oxygen atoms in total. The zero-order chi connectivity index (χ0) is 13.9. The number of amides is 1. The highest BCUT2D eigenvalue weighted by atomic mass is 32.1. The van der Waals surface area contributed by atoms with Crippen molar-refractivity contribution in [3.63, 3.8) is 0 Å². The van der Waals surface area contributed by atoms with Gasteiger partial charge in [-0.3, -0.25) is 4.79 Å². The molecule has 1 fully saturated rings. The van der Waals surface area contributed by atoms with Crippen LogP contribution >= 0.6 is 12.6 Å². The molecule has 0 spiro atoms. The van der Waals surface area contributed by atoms with Crippen LogP contribution in [0.2, 0.25) is 0 Å². The maximum atomic E-state index is 11.8. The zero-order valence-corrected chi connectivity index (χ0v) is 12.1. The summed E-state index contributed by atoms with van der Waals surface area (Å²) in [6, 6.07) is 18.7. The van der Waals surface area contributed by atoms with Gasteiger partial charge in [0.05, 0.1) is 0 Å². The molecule has 1 amide bonds. The lowest BCUT2D eigenvalue weighted by atomic mass is 10.0. The molecular weight excluding hydrogens is 266 g/mol. The first-order valence-electron chi connectivity index (χ1n) is 6.82. The van der Waals surface area contributed by atoms with E-state index in [1.807, 2.05) is 23.1 Å². The standard InChI is InChI=1S/C17H17NOS/c19-17-10-16(20)12-18(17)11-13-5-4-8-15(9-13)14-6-2-1-3-7-14/h1-9,16,20H,10-12H2. The van der Waals surface area contributed by atoms with Crippen molar-refractivity contribution in [2.24, 2.45) is 0 Å². The van der Waals surface area contributed by atoms with Gasteiger partial charge in [-0.1, -0.05) is 48.5 Å². The van der Waals surface area contributed by atoms with Crippen LogP contribution in [0.3, 0.4) is 0 Å². The third kappa shape index (κ3) is 2.88. The summed E-state index contributed by atoms with van der Waals surface area (Å²) in [4.78, 5) is 13.7. The number of likely N-dealkylation sites (tertiary alicyclic amines) is 1. The summed E-state index contributed by atoms with van der Waals surface area (Å²) in [5.41, 5.74) is 3.56. The average molecular weight is 283 g/mol. The number of hydrogen-bond donors (Lipinski definition) is 1. The Morgan fingerprint density at radius 3 is 2.50 bits per heavy atom. The molecule has 0 bridgehead atoms. The largest absolute Gasteiger partial charge is 0.337 e. The number of thiol groups is 1. The van der Waals surface area contributed by atoms with Crippen molar-refractivity contribution in [3.8, 4) is 11.1 Å². The second-order valence-corrected chi connectivity index (χ2v) is 5.93. The molecule has 1 atom stereocenters. The number of carbonyl (C=O) groups is 1. The highest BCUT2D eigenvalue weighted by Gasteiger charge is 2.26. The molecule has 0 saturated carbocycles. The highest BCUT2D eigenvalue weighted by molar-refractivity contribution is 7.81. The fourth-order valence-corrected chi connectivity index (χ4v) is 2.96. The minimum absolute atomic E-state index is 0.180. The van der Waals surface area contributed by atoms with Crippen LogP contribution in [0.25, 0.3) is 11.1 Å². The summed E-state index contributed by atoms with van der Waals surface area (Å²) in [5, 5.41) is 0.180. The molecule has 0 N–H and O–H groups in total. The van der Waals surface area contributed by atoms with Gasteiger partial charge in [-0.2, -0.15) is 12.6 Å². The van der Waals surface area contributed by atoms with Gasteiger partial charge in [-0.05, 0) is 22.8 Å². The fourth-order valence-electron chi connectivity index (χ4n) is 2.60. The van der Waals surface area contributed by atoms with Crippen LogP contribution in [0.4, 0.5) is 0 Å². The number of benzene rings is 2. The quantitative estimate of drug-likeness (QED) is 0.856. The number of hydrogen-bond acceptors (Lipinski definition) is 2. The summed E-state index contributed by atoms with van der Waals surface area (Å²) in [7, 11) is 0. The Morgan fingerprint density at radius 2 is 1.80 bits per heavy atom. The monoisotopic (exact) mass is 283 g/mol. The third-order valence-corrected chi connectivity index (χ3v) is 3.95. The van der Waals surface area contributed by atoms with Gasteiger partial charge >= 0.3 is 0 Å². The number of rotatable bonds is 3. The van der Waals surface area contributed by atoms with Crippen molar-refractivity contribution < 1.29 is 4.79 Å². The van der Waals surface area contributed by atoms with Crippen molar-refractivity contribution in [1.82, 2.24) is 4.90 Å². The average Bonchev–Trinajstić information content (AvgIpc) is 2.78. The van der Waals surface area contributed by atoms with Gasteiger partial charge in [0.25, 0.3) is 0 Å². The molecule has 2 aromatic carbocycles. The summed E-state index contributed by atoms with van der Waals surface area (Å²) in [5.74, 6) is 0.204. The molecule has 1 saturated heterocycles. The van der Waals surface area contributed by atoms with E-state index in [1.165, 1.54) is 16.7 Å². The molecule has 0 aliphatic carbocycles. The molecule has 1 heterocycles. The van der Waals surface area contributed by atoms with Crippen LogP contribution in [0.5, 0.6) is 0 Å². The molecular formula is C17H17NOS. The van der Waals surface area contributed by atoms with Crippen LogP contribution in [-0.4, -0.2) is 22.6 Å². The Hall–Kier alpha value is -1.74. The summed E-state index contributed by atoms with van der Waals surface area (Å²) in [6.07, 6.45) is 0.557. The van der Waals surface area contributed by atoms with Crippen molar-refractivity contribution in [2.45, 2.75) is 18.2 Å². The lowest BCUT2D eigenvalue weighted by molar-refractivity contribution is -0.128. The first kappa shape index (κ1) is 13.3. The maximum Gasteiger partial charge on any atom is 0.224 e. The first-order valence-corrected chi connectivity index (χ1v) is 7.34. The molecule has 20 heavy (non-hydrogen) atoms. The predicted molar refractivity (Wildman–Crippen MR) is 84.7 cm³/mol. The van der Waals surface area contributed by atoms with E-state index < -0.39 is 0 Å². The summed E-state index contributed by atoms with van der Waals surface area (Å²) >= 11 is 4.39. The second-order valence-electron chi connectivity index (χ2n) is 5.20. The van der Waals surface area contributed by atoms with Gasteiger partial charge in [0.1, 0.15) is 0 Å². The highest BCUT2D eigenvalue weighted by Crippen LogP contribution is 2.23. The second kappa shape index (κ2) is 5.71. The summed E-state index contributed by atoms with van der Waals surface area (Å²) in [6.45, 7) is 1.42. The normalized spacial score (nSPS) is 18.6. The smallest absolute Gasteiger partial charge is 0.224 e. The molecule has 3 rings (SSSR count). The van der Waals surface area contributed by atoms with Gasteiger partial charge in [-0.15, -0.1) is 0 Å². The maximum absolute atomic E-state index is 11.8. The van der Waals surface area contributed by atoms with E-state index >= 15 is 0 Å². The van der Waals surface area contributed by atoms with Gasteiger partial charge in [0.2, 0.25) is 5.91 Å². The van der Waals surface area contributed by atoms with Gasteiger partial charge < -0.3 is 4.90 Å². The number of nitrogens with zero attached hydrogens (tertiary/aromatic N) is 1. The van der Waals surface area contributed by atoms with Crippen LogP contribution in [0.15, 0.2) is 54.6 Å². The van der Waals surface area contributed by atoms with E-state index in [9.17, 15) is 4.79 Å². The van der Waals surface area contributed by atoms with Crippen molar-refractivity contribution in [1.29, 1.82) is 0 Å². The van der Waals surface area contributed by atoms with Crippen molar-refractivity contribution in [3.05, 3.63) is 60.2 Å². The molecule has 0 radical (unpaired) electrons. The Morgan fingerprint density at radius 1 is 1.05 bits per heavy atom. The van der Waals surface area contributed by atoms with Gasteiger partial charge in [0.15, 0.2) is 0 Å². The van der Waals surface area contributed by atoms with Gasteiger partial charge in [-0.25, -0.2) is 0 Å². The predicted octanol–water partition coefficient (Wildman–Crippen LogP) is 3.38. The van der Waals surface area contributed by atoms with Crippen LogP contribution in [0.1, 0.15) is 12.0 Å². The van der Waals surface area contributed by atoms with Crippen molar-refractivity contribution in [2.75, 3.05) is 6.54 Å². The molecule has 3 heteroatoms. The Bertz CT molecular complexity index is 611. The van der Waals surface area contributed by atoms with Gasteiger partial charge in [0, 0.05) is 24.8 Å². The molecule has 2 aromatic rings. The van der Waals surface area contributed by atoms with E-state index in [4.69, 9.17) is 0 Å². The number of carbonyl (C=O) groups excluding carboxylic acids is 1. The van der Waals surface area contributed by atoms with Crippen molar-refractivity contribution >= 4 is 18.5 Å². The first-order chi connectivity index (χ1) is 9.72. The fraction of sp³-hybridized carbons (Fsp3) is 0.235. The van der Waals surface area contributed by atoms with E-state index in [-0.39, 0.29) is 11.2 Å².